The molecule has 0 saturated heterocycles. The van der Waals surface area contributed by atoms with Crippen LogP contribution in [0.5, 0.6) is 5.88 Å². The minimum Gasteiger partial charge on any atom is -0.511 e. The third-order valence-electron chi connectivity index (χ3n) is 7.37. The number of nitrogens with zero attached hydrogens (tertiary/aromatic N) is 1. The first-order valence-electron chi connectivity index (χ1n) is 14.8. The Morgan fingerprint density at radius 1 is 0.818 bits per heavy atom. The second-order valence-electron chi connectivity index (χ2n) is 15.6. The maximum Gasteiger partial charge on any atom is 0.335 e. The number of H-pyrrole nitrogens is 1. The summed E-state index contributed by atoms with van der Waals surface area (Å²) >= 11 is 5.02. The minimum atomic E-state index is -0.621. The van der Waals surface area contributed by atoms with E-state index in [0.29, 0.717) is 5.57 Å². The molecule has 0 unspecified atom stereocenters. The van der Waals surface area contributed by atoms with E-state index in [2.05, 4.69) is 93.1 Å². The molecule has 2 aromatic rings. The Labute approximate surface area is 265 Å². The van der Waals surface area contributed by atoms with Crippen LogP contribution in [-0.2, 0) is 20.4 Å². The molecule has 0 radical (unpaired) electrons. The second-order valence-corrected chi connectivity index (χ2v) is 16.0. The van der Waals surface area contributed by atoms with Gasteiger partial charge in [0.15, 0.2) is 11.3 Å². The lowest BCUT2D eigenvalue weighted by Crippen LogP contribution is -2.26. The highest BCUT2D eigenvalue weighted by Crippen LogP contribution is 2.44. The number of aromatic hydroxyl groups is 1. The molecule has 2 aromatic heterocycles. The molecule has 44 heavy (non-hydrogen) atoms. The van der Waals surface area contributed by atoms with Crippen molar-refractivity contribution >= 4 is 29.7 Å². The fraction of sp³-hybridized carbons (Fsp3) is 0.444. The predicted octanol–water partition coefficient (Wildman–Crippen LogP) is 8.47. The number of allylic oxidation sites excluding steroid dienone is 9. The van der Waals surface area contributed by atoms with Crippen molar-refractivity contribution < 1.29 is 19.1 Å². The molecule has 1 aliphatic carbocycles. The van der Waals surface area contributed by atoms with Crippen LogP contribution in [-0.4, -0.2) is 15.9 Å². The molecule has 8 heteroatoms. The van der Waals surface area contributed by atoms with Crippen LogP contribution in [0.25, 0.3) is 11.6 Å². The molecule has 0 spiro atoms. The number of carbonyl (C=O) groups excluding carboxylic acids is 1. The van der Waals surface area contributed by atoms with Crippen LogP contribution in [0.3, 0.4) is 0 Å². The van der Waals surface area contributed by atoms with Gasteiger partial charge >= 0.3 is 11.5 Å². The predicted molar refractivity (Wildman–Crippen MR) is 178 cm³/mol. The summed E-state index contributed by atoms with van der Waals surface area (Å²) in [5.74, 6) is 2.26. The van der Waals surface area contributed by atoms with Gasteiger partial charge in [0.1, 0.15) is 17.4 Å². The fourth-order valence-electron chi connectivity index (χ4n) is 4.69. The van der Waals surface area contributed by atoms with Crippen LogP contribution in [0.1, 0.15) is 106 Å². The number of hydrogen-bond donors (Lipinski definition) is 2. The first kappa shape index (κ1) is 33.1. The molecule has 4 rings (SSSR count). The molecule has 2 N–H and O–H groups in total. The molecule has 0 bridgehead atoms. The number of nitrogens with one attached hydrogen (secondary N) is 1. The SMILES string of the molecule is CC(C)(C)C1=CC(=CC2=C(c3c(O)[n-]c(=S)[nH]c3=O)/C(=C/c3cc(C(C)(C)C)[o+]c(C(C)(C)C)c3)C2=O)C=C(C(C)(C)C)O1. The lowest BCUT2D eigenvalue weighted by molar-refractivity contribution is -0.112. The molecule has 0 aromatic carbocycles. The van der Waals surface area contributed by atoms with Crippen molar-refractivity contribution in [3.63, 3.8) is 0 Å². The van der Waals surface area contributed by atoms with Crippen LogP contribution in [0.4, 0.5) is 0 Å². The maximum absolute atomic E-state index is 13.9. The summed E-state index contributed by atoms with van der Waals surface area (Å²) in [6, 6.07) is 3.82. The van der Waals surface area contributed by atoms with Gasteiger partial charge in [-0.25, -0.2) is 4.42 Å². The zero-order chi connectivity index (χ0) is 33.2. The Hall–Kier alpha value is -3.78. The second kappa shape index (κ2) is 11.0. The smallest absolute Gasteiger partial charge is 0.335 e. The number of aromatic amines is 1. The van der Waals surface area contributed by atoms with Crippen molar-refractivity contribution in [3.05, 3.63) is 96.4 Å². The van der Waals surface area contributed by atoms with Gasteiger partial charge in [0.2, 0.25) is 0 Å². The molecule has 3 heterocycles. The topological polar surface area (TPSA) is 105 Å². The molecule has 0 saturated carbocycles. The van der Waals surface area contributed by atoms with E-state index in [9.17, 15) is 14.7 Å². The third kappa shape index (κ3) is 6.80. The molecule has 0 atom stereocenters. The van der Waals surface area contributed by atoms with Crippen LogP contribution in [0.2, 0.25) is 0 Å². The number of Topliss-reactive ketones (excluding diaryl/α,β-unsaturated/α-hetero) is 1. The first-order valence-corrected chi connectivity index (χ1v) is 15.2. The van der Waals surface area contributed by atoms with E-state index in [-0.39, 0.29) is 48.9 Å². The molecular weight excluding hydrogens is 572 g/mol. The Balaban J connectivity index is 2.03. The van der Waals surface area contributed by atoms with E-state index in [0.717, 1.165) is 34.2 Å². The number of carbonyl (C=O) groups is 1. The monoisotopic (exact) mass is 616 g/mol. The molecule has 2 aliphatic rings. The lowest BCUT2D eigenvalue weighted by atomic mass is 9.75. The van der Waals surface area contributed by atoms with E-state index < -0.39 is 11.4 Å². The van der Waals surface area contributed by atoms with E-state index in [1.165, 1.54) is 0 Å². The summed E-state index contributed by atoms with van der Waals surface area (Å²) < 4.78 is 12.4. The zero-order valence-electron chi connectivity index (χ0n) is 27.9. The zero-order valence-corrected chi connectivity index (χ0v) is 28.7. The Bertz CT molecular complexity index is 1750. The number of hydrogen-bond acceptors (Lipinski definition) is 5. The van der Waals surface area contributed by atoms with Crippen molar-refractivity contribution in [3.8, 4) is 5.88 Å². The average Bonchev–Trinajstić information content (AvgIpc) is 2.86. The Morgan fingerprint density at radius 2 is 1.32 bits per heavy atom. The molecule has 7 nitrogen and oxygen atoms in total. The Morgan fingerprint density at radius 3 is 1.75 bits per heavy atom. The standard InChI is InChI=1S/C36H44N2O5S/c1-33(2,3)23-15-19(16-24(42-23)34(4,5)6)13-21-27(28-30(40)37-32(44)38-31(28)41)22(29(21)39)14-20-17-25(35(7,8)9)43-26(18-20)36(10,11)12/h13-18H,1-12H3,(H2-,37,38,39,40,41,44). The summed E-state index contributed by atoms with van der Waals surface area (Å²) in [7, 11) is 0. The van der Waals surface area contributed by atoms with Crippen molar-refractivity contribution in [2.24, 2.45) is 10.8 Å². The summed E-state index contributed by atoms with van der Waals surface area (Å²) in [4.78, 5) is 33.6. The van der Waals surface area contributed by atoms with Crippen molar-refractivity contribution in [2.45, 2.75) is 93.9 Å². The number of aromatic nitrogens is 2. The highest BCUT2D eigenvalue weighted by Gasteiger charge is 2.38. The molecule has 0 fully saturated rings. The largest absolute Gasteiger partial charge is 0.511 e. The van der Waals surface area contributed by atoms with Gasteiger partial charge in [0, 0.05) is 44.5 Å². The third-order valence-corrected chi connectivity index (χ3v) is 7.56. The maximum atomic E-state index is 13.9. The highest BCUT2D eigenvalue weighted by molar-refractivity contribution is 7.71. The highest BCUT2D eigenvalue weighted by atomic mass is 32.1. The average molecular weight is 617 g/mol. The molecule has 0 amide bonds. The van der Waals surface area contributed by atoms with Gasteiger partial charge in [-0.1, -0.05) is 53.8 Å². The van der Waals surface area contributed by atoms with Gasteiger partial charge in [0.25, 0.3) is 0 Å². The van der Waals surface area contributed by atoms with Gasteiger partial charge in [-0.15, -0.1) is 0 Å². The molecule has 234 valence electrons. The Kier molecular flexibility index (Phi) is 8.27. The van der Waals surface area contributed by atoms with Gasteiger partial charge in [-0.05, 0) is 77.0 Å². The summed E-state index contributed by atoms with van der Waals surface area (Å²) in [6.07, 6.45) is 7.31. The fourth-order valence-corrected chi connectivity index (χ4v) is 4.87. The summed E-state index contributed by atoms with van der Waals surface area (Å²) in [6.45, 7) is 24.7. The van der Waals surface area contributed by atoms with Crippen molar-refractivity contribution in [1.82, 2.24) is 9.97 Å². The van der Waals surface area contributed by atoms with Gasteiger partial charge in [-0.2, -0.15) is 0 Å². The van der Waals surface area contributed by atoms with E-state index in [1.807, 2.05) is 24.3 Å². The number of rotatable bonds is 3. The van der Waals surface area contributed by atoms with Gasteiger partial charge in [-0.3, -0.25) is 9.59 Å². The normalized spacial score (nSPS) is 17.3. The van der Waals surface area contributed by atoms with Gasteiger partial charge < -0.3 is 19.8 Å². The van der Waals surface area contributed by atoms with E-state index in [4.69, 9.17) is 21.4 Å². The first-order chi connectivity index (χ1) is 20.0. The van der Waals surface area contributed by atoms with Crippen molar-refractivity contribution in [1.29, 1.82) is 0 Å². The summed E-state index contributed by atoms with van der Waals surface area (Å²) in [5.41, 5.74) is 0.498. The van der Waals surface area contributed by atoms with Crippen molar-refractivity contribution in [2.75, 3.05) is 0 Å². The number of ketones is 1. The van der Waals surface area contributed by atoms with Crippen LogP contribution in [0.15, 0.2) is 67.8 Å². The van der Waals surface area contributed by atoms with E-state index >= 15 is 0 Å². The van der Waals surface area contributed by atoms with Gasteiger partial charge in [0.05, 0.1) is 16.4 Å². The van der Waals surface area contributed by atoms with Crippen LogP contribution < -0.4 is 10.5 Å². The number of ether oxygens (including phenoxy) is 1. The summed E-state index contributed by atoms with van der Waals surface area (Å²) in [5, 5.41) is 10.9. The lowest BCUT2D eigenvalue weighted by Gasteiger charge is -2.33. The molecule has 1 aliphatic heterocycles. The van der Waals surface area contributed by atoms with Crippen LogP contribution in [0, 0.1) is 15.6 Å². The van der Waals surface area contributed by atoms with Crippen LogP contribution >= 0.6 is 12.2 Å². The molecular formula is C36H44N2O5S. The van der Waals surface area contributed by atoms with E-state index in [1.54, 1.807) is 12.2 Å². The minimum absolute atomic E-state index is 0.101. The quantitative estimate of drug-likeness (QED) is 0.202.